The van der Waals surface area contributed by atoms with Crippen LogP contribution in [0.1, 0.15) is 82.3 Å². The van der Waals surface area contributed by atoms with Gasteiger partial charge < -0.3 is 0 Å². The molecule has 0 aliphatic rings. The lowest BCUT2D eigenvalue weighted by molar-refractivity contribution is 0.556. The maximum absolute atomic E-state index is 11.7. The van der Waals surface area contributed by atoms with Crippen molar-refractivity contribution in [1.82, 2.24) is 0 Å². The first-order chi connectivity index (χ1) is 12.1. The Morgan fingerprint density at radius 2 is 1.40 bits per heavy atom. The van der Waals surface area contributed by atoms with E-state index in [1.165, 1.54) is 57.8 Å². The predicted molar refractivity (Wildman–Crippen MR) is 104 cm³/mol. The Balaban J connectivity index is 2.28. The van der Waals surface area contributed by atoms with Crippen LogP contribution in [0.5, 0.6) is 0 Å². The summed E-state index contributed by atoms with van der Waals surface area (Å²) >= 11 is 0. The largest absolute Gasteiger partial charge is 0.239 e. The van der Waals surface area contributed by atoms with Crippen LogP contribution in [0.4, 0.5) is 0 Å². The van der Waals surface area contributed by atoms with Gasteiger partial charge in [-0.1, -0.05) is 89.0 Å². The molecule has 1 rings (SSSR count). The van der Waals surface area contributed by atoms with E-state index in [-0.39, 0.29) is 5.75 Å². The summed E-state index contributed by atoms with van der Waals surface area (Å²) < 4.78 is 26.3. The zero-order valence-corrected chi connectivity index (χ0v) is 16.2. The fraction of sp³-hybridized carbons (Fsp3) is 0.684. The lowest BCUT2D eigenvalue weighted by atomic mass is 10.0. The molecule has 0 bridgehead atoms. The molecule has 0 aromatic heterocycles. The summed E-state index contributed by atoms with van der Waals surface area (Å²) in [5.41, 5.74) is 10.1. The van der Waals surface area contributed by atoms with E-state index in [1.807, 2.05) is 18.2 Å². The first kappa shape index (κ1) is 21.5. The summed E-state index contributed by atoms with van der Waals surface area (Å²) in [6.07, 6.45) is 13.7. The number of unbranched alkanes of at least 4 members (excludes halogenated alkanes) is 9. The molecule has 0 spiro atoms. The maximum atomic E-state index is 11.7. The molecule has 0 saturated carbocycles. The van der Waals surface area contributed by atoms with Crippen molar-refractivity contribution < 1.29 is 8.42 Å². The molecule has 1 aromatic carbocycles. The van der Waals surface area contributed by atoms with E-state index >= 15 is 0 Å². The van der Waals surface area contributed by atoms with Crippen LogP contribution in [0.2, 0.25) is 0 Å². The molecule has 0 amide bonds. The summed E-state index contributed by atoms with van der Waals surface area (Å²) in [4.78, 5) is 2.40. The molecule has 0 atom stereocenters. The molecule has 0 aliphatic carbocycles. The molecule has 0 N–H and O–H groups in total. The standard InChI is InChI=1S/C19H31N3O2S/c1-2-3-4-5-6-7-8-9-10-11-14-18-15-12-13-16-19(18)17-25(23,24)22-21-20/h12-13,15-16H,2-11,14,17H2,1H3. The molecule has 0 unspecified atom stereocenters. The number of aryl methyl sites for hydroxylation is 1. The van der Waals surface area contributed by atoms with E-state index < -0.39 is 10.0 Å². The smallest absolute Gasteiger partial charge is 0.221 e. The Morgan fingerprint density at radius 3 is 1.96 bits per heavy atom. The highest BCUT2D eigenvalue weighted by atomic mass is 32.2. The van der Waals surface area contributed by atoms with Crippen LogP contribution in [-0.4, -0.2) is 8.42 Å². The van der Waals surface area contributed by atoms with Gasteiger partial charge in [-0.25, -0.2) is 8.42 Å². The molecular weight excluding hydrogens is 334 g/mol. The summed E-state index contributed by atoms with van der Waals surface area (Å²) in [5.74, 6) is -0.217. The third kappa shape index (κ3) is 10.1. The first-order valence-electron chi connectivity index (χ1n) is 9.45. The van der Waals surface area contributed by atoms with E-state index in [1.54, 1.807) is 6.07 Å². The van der Waals surface area contributed by atoms with E-state index in [2.05, 4.69) is 16.4 Å². The van der Waals surface area contributed by atoms with Gasteiger partial charge in [-0.15, -0.1) is 0 Å². The minimum atomic E-state index is -3.75. The topological polar surface area (TPSA) is 82.9 Å². The van der Waals surface area contributed by atoms with Gasteiger partial charge in [0.05, 0.1) is 5.75 Å². The van der Waals surface area contributed by atoms with Crippen LogP contribution >= 0.6 is 0 Å². The summed E-state index contributed by atoms with van der Waals surface area (Å²) in [6.45, 7) is 2.24. The molecule has 0 saturated heterocycles. The van der Waals surface area contributed by atoms with E-state index in [0.29, 0.717) is 0 Å². The fourth-order valence-corrected chi connectivity index (χ4v) is 3.87. The Kier molecular flexibility index (Phi) is 11.0. The van der Waals surface area contributed by atoms with E-state index in [9.17, 15) is 8.42 Å². The van der Waals surface area contributed by atoms with E-state index in [4.69, 9.17) is 5.53 Å². The second kappa shape index (κ2) is 12.8. The van der Waals surface area contributed by atoms with Gasteiger partial charge in [-0.3, -0.25) is 0 Å². The molecular formula is C19H31N3O2S. The molecule has 0 fully saturated rings. The van der Waals surface area contributed by atoms with Crippen LogP contribution in [-0.2, 0) is 22.2 Å². The monoisotopic (exact) mass is 365 g/mol. The third-order valence-corrected chi connectivity index (χ3v) is 5.41. The average Bonchev–Trinajstić information content (AvgIpc) is 2.57. The van der Waals surface area contributed by atoms with Gasteiger partial charge in [0.2, 0.25) is 10.0 Å². The molecule has 0 heterocycles. The number of hydrogen-bond acceptors (Lipinski definition) is 2. The second-order valence-electron chi connectivity index (χ2n) is 6.60. The molecule has 140 valence electrons. The molecule has 25 heavy (non-hydrogen) atoms. The van der Waals surface area contributed by atoms with Crippen molar-refractivity contribution in [3.63, 3.8) is 0 Å². The normalized spacial score (nSPS) is 11.2. The molecule has 6 heteroatoms. The van der Waals surface area contributed by atoms with Gasteiger partial charge in [0.25, 0.3) is 0 Å². The summed E-state index contributed by atoms with van der Waals surface area (Å²) in [6, 6.07) is 7.52. The molecule has 5 nitrogen and oxygen atoms in total. The van der Waals surface area contributed by atoms with Crippen LogP contribution in [0, 0.1) is 0 Å². The maximum Gasteiger partial charge on any atom is 0.239 e. The fourth-order valence-electron chi connectivity index (χ4n) is 3.03. The number of azide groups is 1. The van der Waals surface area contributed by atoms with Gasteiger partial charge in [-0.05, 0) is 29.5 Å². The van der Waals surface area contributed by atoms with Gasteiger partial charge in [0.15, 0.2) is 0 Å². The Labute approximate surface area is 152 Å². The number of nitrogens with zero attached hydrogens (tertiary/aromatic N) is 3. The zero-order chi connectivity index (χ0) is 18.4. The molecule has 0 radical (unpaired) electrons. The molecule has 1 aromatic rings. The van der Waals surface area contributed by atoms with Gasteiger partial charge in [0.1, 0.15) is 0 Å². The van der Waals surface area contributed by atoms with Crippen molar-refractivity contribution in [3.05, 3.63) is 45.8 Å². The summed E-state index contributed by atoms with van der Waals surface area (Å²) in [5, 5.41) is 0. The Bertz CT molecular complexity index is 638. The molecule has 0 aliphatic heterocycles. The van der Waals surface area contributed by atoms with Gasteiger partial charge in [0, 0.05) is 9.43 Å². The highest BCUT2D eigenvalue weighted by Gasteiger charge is 2.12. The second-order valence-corrected chi connectivity index (χ2v) is 8.21. The van der Waals surface area contributed by atoms with E-state index in [0.717, 1.165) is 24.0 Å². The van der Waals surface area contributed by atoms with Crippen LogP contribution in [0.25, 0.3) is 10.4 Å². The van der Waals surface area contributed by atoms with Crippen molar-refractivity contribution in [1.29, 1.82) is 0 Å². The lowest BCUT2D eigenvalue weighted by Gasteiger charge is -2.08. The van der Waals surface area contributed by atoms with Crippen LogP contribution in [0.15, 0.2) is 28.8 Å². The minimum Gasteiger partial charge on any atom is -0.221 e. The highest BCUT2D eigenvalue weighted by molar-refractivity contribution is 7.89. The van der Waals surface area contributed by atoms with Gasteiger partial charge >= 0.3 is 0 Å². The predicted octanol–water partition coefficient (Wildman–Crippen LogP) is 6.29. The quantitative estimate of drug-likeness (QED) is 0.168. The van der Waals surface area contributed by atoms with Crippen LogP contribution < -0.4 is 0 Å². The lowest BCUT2D eigenvalue weighted by Crippen LogP contribution is -2.03. The van der Waals surface area contributed by atoms with Crippen molar-refractivity contribution in [2.45, 2.75) is 83.3 Å². The zero-order valence-electron chi connectivity index (χ0n) is 15.4. The SMILES string of the molecule is CCCCCCCCCCCCc1ccccc1CS(=O)(=O)N=[N+]=[N-]. The number of sulfonamides is 1. The average molecular weight is 366 g/mol. The number of hydrogen-bond donors (Lipinski definition) is 0. The van der Waals surface area contributed by atoms with Crippen LogP contribution in [0.3, 0.4) is 0 Å². The third-order valence-electron chi connectivity index (χ3n) is 4.42. The summed E-state index contributed by atoms with van der Waals surface area (Å²) in [7, 11) is -3.75. The highest BCUT2D eigenvalue weighted by Crippen LogP contribution is 2.17. The Hall–Kier alpha value is -1.52. The van der Waals surface area contributed by atoms with Crippen molar-refractivity contribution >= 4 is 10.0 Å². The Morgan fingerprint density at radius 1 is 0.880 bits per heavy atom. The number of benzene rings is 1. The van der Waals surface area contributed by atoms with Gasteiger partial charge in [-0.2, -0.15) is 0 Å². The first-order valence-corrected chi connectivity index (χ1v) is 11.1. The number of rotatable bonds is 14. The van der Waals surface area contributed by atoms with Crippen molar-refractivity contribution in [3.8, 4) is 0 Å². The van der Waals surface area contributed by atoms with Crippen molar-refractivity contribution in [2.75, 3.05) is 0 Å². The van der Waals surface area contributed by atoms with Crippen molar-refractivity contribution in [2.24, 2.45) is 4.52 Å². The minimum absolute atomic E-state index is 0.217.